The number of Topliss-reactive ketones (excluding diaryl/α,β-unsaturated/α-hetero) is 1. The average Bonchev–Trinajstić information content (AvgIpc) is 3.03. The van der Waals surface area contributed by atoms with Gasteiger partial charge < -0.3 is 9.30 Å². The van der Waals surface area contributed by atoms with Crippen molar-refractivity contribution in [1.29, 1.82) is 0 Å². The van der Waals surface area contributed by atoms with Gasteiger partial charge >= 0.3 is 5.97 Å². The van der Waals surface area contributed by atoms with E-state index in [1.165, 1.54) is 0 Å². The molecule has 0 N–H and O–H groups in total. The summed E-state index contributed by atoms with van der Waals surface area (Å²) in [6, 6.07) is 16.4. The lowest BCUT2D eigenvalue weighted by molar-refractivity contribution is -0.147. The third kappa shape index (κ3) is 3.63. The molecule has 0 bridgehead atoms. The summed E-state index contributed by atoms with van der Waals surface area (Å²) in [5, 5.41) is 1.03. The maximum Gasteiger partial charge on any atom is 0.329 e. The molecule has 0 spiro atoms. The molecular formula is C21H21NO3. The molecule has 1 heterocycles. The number of ether oxygens (including phenoxy) is 1. The van der Waals surface area contributed by atoms with Crippen molar-refractivity contribution < 1.29 is 14.3 Å². The highest BCUT2D eigenvalue weighted by atomic mass is 16.5. The van der Waals surface area contributed by atoms with Crippen molar-refractivity contribution in [2.75, 3.05) is 6.61 Å². The molecule has 0 aliphatic rings. The van der Waals surface area contributed by atoms with Crippen LogP contribution in [0.2, 0.25) is 0 Å². The van der Waals surface area contributed by atoms with Crippen molar-refractivity contribution in [2.45, 2.75) is 26.3 Å². The Labute approximate surface area is 147 Å². The predicted octanol–water partition coefficient (Wildman–Crippen LogP) is 4.33. The molecular weight excluding hydrogens is 314 g/mol. The summed E-state index contributed by atoms with van der Waals surface area (Å²) in [4.78, 5) is 25.2. The zero-order chi connectivity index (χ0) is 17.8. The number of aromatic nitrogens is 1. The highest BCUT2D eigenvalue weighted by molar-refractivity contribution is 5.99. The van der Waals surface area contributed by atoms with Crippen LogP contribution in [0, 0.1) is 6.92 Å². The Bertz CT molecular complexity index is 896. The zero-order valence-corrected chi connectivity index (χ0v) is 14.4. The predicted molar refractivity (Wildman–Crippen MR) is 97.7 cm³/mol. The Kier molecular flexibility index (Phi) is 4.98. The smallest absolute Gasteiger partial charge is 0.329 e. The molecule has 25 heavy (non-hydrogen) atoms. The quantitative estimate of drug-likeness (QED) is 0.498. The molecule has 4 nitrogen and oxygen atoms in total. The van der Waals surface area contributed by atoms with Crippen molar-refractivity contribution >= 4 is 22.7 Å². The lowest BCUT2D eigenvalue weighted by Gasteiger charge is -2.18. The van der Waals surface area contributed by atoms with E-state index in [1.54, 1.807) is 19.1 Å². The van der Waals surface area contributed by atoms with Crippen molar-refractivity contribution in [1.82, 2.24) is 4.57 Å². The van der Waals surface area contributed by atoms with Gasteiger partial charge in [0.1, 0.15) is 6.04 Å². The van der Waals surface area contributed by atoms with Gasteiger partial charge in [-0.2, -0.15) is 0 Å². The number of carbonyl (C=O) groups is 2. The van der Waals surface area contributed by atoms with E-state index < -0.39 is 6.04 Å². The number of ketones is 1. The number of esters is 1. The molecule has 0 aliphatic heterocycles. The summed E-state index contributed by atoms with van der Waals surface area (Å²) < 4.78 is 7.08. The molecule has 0 saturated heterocycles. The molecule has 3 aromatic rings. The fourth-order valence-electron chi connectivity index (χ4n) is 2.98. The van der Waals surface area contributed by atoms with Crippen LogP contribution in [0.15, 0.2) is 60.8 Å². The molecule has 1 atom stereocenters. The van der Waals surface area contributed by atoms with Crippen LogP contribution in [-0.2, 0) is 9.53 Å². The maximum atomic E-state index is 12.6. The molecule has 0 aliphatic carbocycles. The summed E-state index contributed by atoms with van der Waals surface area (Å²) in [6.45, 7) is 4.06. The van der Waals surface area contributed by atoms with Crippen LogP contribution >= 0.6 is 0 Å². The molecule has 1 aromatic heterocycles. The van der Waals surface area contributed by atoms with Crippen LogP contribution in [-0.4, -0.2) is 22.9 Å². The minimum Gasteiger partial charge on any atom is -0.464 e. The number of carbonyl (C=O) groups excluding carboxylic acids is 2. The second kappa shape index (κ2) is 7.34. The summed E-state index contributed by atoms with van der Waals surface area (Å²) in [6.07, 6.45) is 1.92. The fraction of sp³-hybridized carbons (Fsp3) is 0.238. The molecule has 4 heteroatoms. The normalized spacial score (nSPS) is 12.1. The molecule has 128 valence electrons. The number of fused-ring (bicyclic) bond motifs is 1. The van der Waals surface area contributed by atoms with Gasteiger partial charge in [-0.1, -0.05) is 42.5 Å². The van der Waals surface area contributed by atoms with Crippen molar-refractivity contribution in [2.24, 2.45) is 0 Å². The molecule has 0 amide bonds. The van der Waals surface area contributed by atoms with Gasteiger partial charge in [0, 0.05) is 23.7 Å². The van der Waals surface area contributed by atoms with Crippen LogP contribution in [0.1, 0.15) is 35.3 Å². The number of aryl methyl sites for hydroxylation is 1. The Morgan fingerprint density at radius 2 is 1.84 bits per heavy atom. The molecule has 3 rings (SSSR count). The minimum absolute atomic E-state index is 0.0700. The van der Waals surface area contributed by atoms with E-state index in [9.17, 15) is 9.59 Å². The first-order chi connectivity index (χ1) is 12.1. The van der Waals surface area contributed by atoms with Crippen molar-refractivity contribution in [3.8, 4) is 0 Å². The summed E-state index contributed by atoms with van der Waals surface area (Å²) in [5.74, 6) is -0.459. The lowest BCUT2D eigenvalue weighted by Crippen LogP contribution is -2.24. The Morgan fingerprint density at radius 1 is 1.08 bits per heavy atom. The van der Waals surface area contributed by atoms with Gasteiger partial charge in [0.25, 0.3) is 0 Å². The Hall–Kier alpha value is -2.88. The lowest BCUT2D eigenvalue weighted by atomic mass is 10.0. The second-order valence-corrected chi connectivity index (χ2v) is 6.05. The van der Waals surface area contributed by atoms with E-state index in [-0.39, 0.29) is 24.8 Å². The molecule has 0 radical (unpaired) electrons. The highest BCUT2D eigenvalue weighted by Crippen LogP contribution is 2.25. The zero-order valence-electron chi connectivity index (χ0n) is 14.4. The molecule has 2 aromatic carbocycles. The number of hydrogen-bond acceptors (Lipinski definition) is 3. The fourth-order valence-corrected chi connectivity index (χ4v) is 2.98. The third-order valence-corrected chi connectivity index (χ3v) is 4.25. The minimum atomic E-state index is -0.674. The van der Waals surface area contributed by atoms with Crippen LogP contribution in [0.3, 0.4) is 0 Å². The van der Waals surface area contributed by atoms with Gasteiger partial charge in [0.15, 0.2) is 5.78 Å². The standard InChI is InChI=1S/C21H21NO3/c1-3-25-21(24)19(14-20(23)17-7-5-4-6-8-17)22-12-11-16-10-9-15(2)13-18(16)22/h4-13,19H,3,14H2,1-2H3. The first kappa shape index (κ1) is 17.0. The van der Waals surface area contributed by atoms with E-state index >= 15 is 0 Å². The third-order valence-electron chi connectivity index (χ3n) is 4.25. The van der Waals surface area contributed by atoms with Gasteiger partial charge in [-0.3, -0.25) is 4.79 Å². The van der Waals surface area contributed by atoms with E-state index in [4.69, 9.17) is 4.74 Å². The summed E-state index contributed by atoms with van der Waals surface area (Å²) in [7, 11) is 0. The van der Waals surface area contributed by atoms with Gasteiger partial charge in [0.05, 0.1) is 6.61 Å². The number of rotatable bonds is 6. The number of hydrogen-bond donors (Lipinski definition) is 0. The first-order valence-electron chi connectivity index (χ1n) is 8.42. The van der Waals surface area contributed by atoms with Crippen LogP contribution in [0.25, 0.3) is 10.9 Å². The highest BCUT2D eigenvalue weighted by Gasteiger charge is 2.26. The van der Waals surface area contributed by atoms with E-state index in [0.29, 0.717) is 5.56 Å². The van der Waals surface area contributed by atoms with Crippen molar-refractivity contribution in [3.63, 3.8) is 0 Å². The molecule has 0 fully saturated rings. The van der Waals surface area contributed by atoms with Crippen LogP contribution in [0.4, 0.5) is 0 Å². The van der Waals surface area contributed by atoms with Crippen molar-refractivity contribution in [3.05, 3.63) is 71.9 Å². The van der Waals surface area contributed by atoms with E-state index in [1.807, 2.05) is 60.2 Å². The second-order valence-electron chi connectivity index (χ2n) is 6.05. The summed E-state index contributed by atoms with van der Waals surface area (Å²) >= 11 is 0. The van der Waals surface area contributed by atoms with Crippen LogP contribution in [0.5, 0.6) is 0 Å². The van der Waals surface area contributed by atoms with E-state index in [0.717, 1.165) is 16.5 Å². The first-order valence-corrected chi connectivity index (χ1v) is 8.42. The average molecular weight is 335 g/mol. The molecule has 1 unspecified atom stereocenters. The number of nitrogens with zero attached hydrogens (tertiary/aromatic N) is 1. The van der Waals surface area contributed by atoms with Gasteiger partial charge in [0.2, 0.25) is 0 Å². The van der Waals surface area contributed by atoms with Gasteiger partial charge in [-0.25, -0.2) is 4.79 Å². The summed E-state index contributed by atoms with van der Waals surface area (Å²) in [5.41, 5.74) is 2.63. The van der Waals surface area contributed by atoms with Crippen LogP contribution < -0.4 is 0 Å². The maximum absolute atomic E-state index is 12.6. The molecule has 0 saturated carbocycles. The Balaban J connectivity index is 1.98. The van der Waals surface area contributed by atoms with E-state index in [2.05, 4.69) is 0 Å². The van der Waals surface area contributed by atoms with Gasteiger partial charge in [-0.15, -0.1) is 0 Å². The topological polar surface area (TPSA) is 48.3 Å². The SMILES string of the molecule is CCOC(=O)C(CC(=O)c1ccccc1)n1ccc2ccc(C)cc21. The monoisotopic (exact) mass is 335 g/mol. The number of benzene rings is 2. The Morgan fingerprint density at radius 3 is 2.56 bits per heavy atom. The largest absolute Gasteiger partial charge is 0.464 e. The van der Waals surface area contributed by atoms with Gasteiger partial charge in [-0.05, 0) is 36.9 Å².